The number of aryl methyl sites for hydroxylation is 1. The molecule has 1 N–H and O–H groups in total. The minimum Gasteiger partial charge on any atom is -0.354 e. The average molecular weight is 285 g/mol. The second-order valence-electron chi connectivity index (χ2n) is 4.34. The van der Waals surface area contributed by atoms with Crippen LogP contribution in [0.1, 0.15) is 12.0 Å². The molecule has 5 heteroatoms. The van der Waals surface area contributed by atoms with Gasteiger partial charge in [-0.15, -0.1) is 0 Å². The largest absolute Gasteiger partial charge is 0.354 e. The van der Waals surface area contributed by atoms with E-state index in [4.69, 9.17) is 5.26 Å². The van der Waals surface area contributed by atoms with Gasteiger partial charge in [-0.25, -0.2) is 4.98 Å². The summed E-state index contributed by atoms with van der Waals surface area (Å²) in [6.45, 7) is 2.45. The van der Waals surface area contributed by atoms with E-state index in [2.05, 4.69) is 10.3 Å². The van der Waals surface area contributed by atoms with Crippen molar-refractivity contribution in [2.45, 2.75) is 18.4 Å². The Kier molecular flexibility index (Phi) is 4.97. The summed E-state index contributed by atoms with van der Waals surface area (Å²) < 4.78 is 0. The van der Waals surface area contributed by atoms with Crippen LogP contribution in [0.15, 0.2) is 35.4 Å². The molecule has 1 amide bonds. The number of nitrogens with zero attached hydrogens (tertiary/aromatic N) is 2. The Morgan fingerprint density at radius 2 is 2.25 bits per heavy atom. The second-order valence-corrected chi connectivity index (χ2v) is 5.34. The second kappa shape index (κ2) is 6.92. The van der Waals surface area contributed by atoms with E-state index < -0.39 is 0 Å². The van der Waals surface area contributed by atoms with E-state index in [-0.39, 0.29) is 5.91 Å². The molecule has 4 nitrogen and oxygen atoms in total. The highest BCUT2D eigenvalue weighted by Gasteiger charge is 2.06. The minimum atomic E-state index is -0.0714. The number of fused-ring (bicyclic) bond motifs is 1. The van der Waals surface area contributed by atoms with Crippen LogP contribution in [0, 0.1) is 18.3 Å². The van der Waals surface area contributed by atoms with Gasteiger partial charge in [-0.3, -0.25) is 4.79 Å². The average Bonchev–Trinajstić information content (AvgIpc) is 2.45. The Labute approximate surface area is 122 Å². The SMILES string of the molecule is Cc1cc(SCC(=O)NCCC#N)nc2ccccc12. The first kappa shape index (κ1) is 14.4. The van der Waals surface area contributed by atoms with Crippen molar-refractivity contribution in [3.8, 4) is 6.07 Å². The van der Waals surface area contributed by atoms with E-state index in [1.807, 2.05) is 43.3 Å². The number of thioether (sulfide) groups is 1. The Hall–Kier alpha value is -2.06. The van der Waals surface area contributed by atoms with E-state index in [0.717, 1.165) is 21.5 Å². The number of carbonyl (C=O) groups excluding carboxylic acids is 1. The fraction of sp³-hybridized carbons (Fsp3) is 0.267. The highest BCUT2D eigenvalue weighted by atomic mass is 32.2. The fourth-order valence-corrected chi connectivity index (χ4v) is 2.64. The van der Waals surface area contributed by atoms with Crippen LogP contribution >= 0.6 is 11.8 Å². The van der Waals surface area contributed by atoms with Crippen LogP contribution in [0.2, 0.25) is 0 Å². The lowest BCUT2D eigenvalue weighted by Gasteiger charge is -2.06. The van der Waals surface area contributed by atoms with Crippen LogP contribution in [0.4, 0.5) is 0 Å². The van der Waals surface area contributed by atoms with Gasteiger partial charge in [0.05, 0.1) is 28.8 Å². The van der Waals surface area contributed by atoms with Crippen LogP contribution in [0.3, 0.4) is 0 Å². The molecule has 0 spiro atoms. The highest BCUT2D eigenvalue weighted by Crippen LogP contribution is 2.23. The number of amides is 1. The molecule has 0 fully saturated rings. The number of carbonyl (C=O) groups is 1. The fourth-order valence-electron chi connectivity index (χ4n) is 1.84. The van der Waals surface area contributed by atoms with Gasteiger partial charge in [-0.1, -0.05) is 30.0 Å². The molecule has 1 aromatic carbocycles. The van der Waals surface area contributed by atoms with Crippen LogP contribution in [0.5, 0.6) is 0 Å². The smallest absolute Gasteiger partial charge is 0.230 e. The molecule has 2 rings (SSSR count). The number of hydrogen-bond donors (Lipinski definition) is 1. The van der Waals surface area contributed by atoms with Gasteiger partial charge in [0.2, 0.25) is 5.91 Å². The normalized spacial score (nSPS) is 10.2. The maximum absolute atomic E-state index is 11.6. The lowest BCUT2D eigenvalue weighted by Crippen LogP contribution is -2.25. The predicted octanol–water partition coefficient (Wildman–Crippen LogP) is 2.67. The quantitative estimate of drug-likeness (QED) is 0.677. The van der Waals surface area contributed by atoms with Gasteiger partial charge in [-0.05, 0) is 24.6 Å². The Balaban J connectivity index is 2.00. The topological polar surface area (TPSA) is 65.8 Å². The van der Waals surface area contributed by atoms with Crippen molar-refractivity contribution < 1.29 is 4.79 Å². The van der Waals surface area contributed by atoms with Crippen molar-refractivity contribution in [3.05, 3.63) is 35.9 Å². The molecule has 0 bridgehead atoms. The zero-order valence-corrected chi connectivity index (χ0v) is 12.0. The van der Waals surface area contributed by atoms with E-state index in [0.29, 0.717) is 18.7 Å². The lowest BCUT2D eigenvalue weighted by atomic mass is 10.1. The van der Waals surface area contributed by atoms with Gasteiger partial charge < -0.3 is 5.32 Å². The van der Waals surface area contributed by atoms with Crippen LogP contribution in [0.25, 0.3) is 10.9 Å². The predicted molar refractivity (Wildman–Crippen MR) is 80.4 cm³/mol. The van der Waals surface area contributed by atoms with E-state index >= 15 is 0 Å². The summed E-state index contributed by atoms with van der Waals surface area (Å²) in [6.07, 6.45) is 0.337. The van der Waals surface area contributed by atoms with Crippen LogP contribution < -0.4 is 5.32 Å². The molecule has 0 aliphatic carbocycles. The molecule has 2 aromatic rings. The summed E-state index contributed by atoms with van der Waals surface area (Å²) in [4.78, 5) is 16.1. The molecule has 0 aliphatic heterocycles. The molecule has 0 atom stereocenters. The number of hydrogen-bond acceptors (Lipinski definition) is 4. The van der Waals surface area contributed by atoms with Crippen molar-refractivity contribution >= 4 is 28.6 Å². The summed E-state index contributed by atoms with van der Waals surface area (Å²) in [6, 6.07) is 11.9. The Morgan fingerprint density at radius 1 is 1.45 bits per heavy atom. The highest BCUT2D eigenvalue weighted by molar-refractivity contribution is 7.99. The Bertz CT molecular complexity index is 664. The molecule has 102 valence electrons. The van der Waals surface area contributed by atoms with E-state index in [1.54, 1.807) is 0 Å². The molecule has 1 aromatic heterocycles. The lowest BCUT2D eigenvalue weighted by molar-refractivity contribution is -0.118. The van der Waals surface area contributed by atoms with Crippen LogP contribution in [-0.2, 0) is 4.79 Å². The van der Waals surface area contributed by atoms with Gasteiger partial charge in [0.15, 0.2) is 0 Å². The molecule has 0 aliphatic rings. The monoisotopic (exact) mass is 285 g/mol. The standard InChI is InChI=1S/C15H15N3OS/c1-11-9-15(18-13-6-3-2-5-12(11)13)20-10-14(19)17-8-4-7-16/h2-3,5-6,9H,4,8,10H2,1H3,(H,17,19). The first-order chi connectivity index (χ1) is 9.70. The molecule has 0 saturated carbocycles. The number of rotatable bonds is 5. The molecule has 1 heterocycles. The van der Waals surface area contributed by atoms with E-state index in [9.17, 15) is 4.79 Å². The van der Waals surface area contributed by atoms with Crippen molar-refractivity contribution in [3.63, 3.8) is 0 Å². The summed E-state index contributed by atoms with van der Waals surface area (Å²) in [5.41, 5.74) is 2.10. The maximum Gasteiger partial charge on any atom is 0.230 e. The number of para-hydroxylation sites is 1. The third kappa shape index (κ3) is 3.72. The number of pyridine rings is 1. The first-order valence-corrected chi connectivity index (χ1v) is 7.32. The van der Waals surface area contributed by atoms with Crippen molar-refractivity contribution in [2.75, 3.05) is 12.3 Å². The summed E-state index contributed by atoms with van der Waals surface area (Å²) >= 11 is 1.41. The van der Waals surface area contributed by atoms with Gasteiger partial charge >= 0.3 is 0 Å². The summed E-state index contributed by atoms with van der Waals surface area (Å²) in [7, 11) is 0. The van der Waals surface area contributed by atoms with E-state index in [1.165, 1.54) is 11.8 Å². The first-order valence-electron chi connectivity index (χ1n) is 6.33. The number of aromatic nitrogens is 1. The Morgan fingerprint density at radius 3 is 3.05 bits per heavy atom. The molecule has 0 unspecified atom stereocenters. The van der Waals surface area contributed by atoms with Crippen molar-refractivity contribution in [1.29, 1.82) is 5.26 Å². The van der Waals surface area contributed by atoms with Gasteiger partial charge in [0.1, 0.15) is 0 Å². The molecule has 0 saturated heterocycles. The molecular weight excluding hydrogens is 270 g/mol. The molecular formula is C15H15N3OS. The summed E-state index contributed by atoms with van der Waals surface area (Å²) in [5, 5.41) is 13.1. The third-order valence-corrected chi connectivity index (χ3v) is 3.72. The minimum absolute atomic E-state index is 0.0714. The van der Waals surface area contributed by atoms with Gasteiger partial charge in [0, 0.05) is 11.9 Å². The van der Waals surface area contributed by atoms with Crippen LogP contribution in [-0.4, -0.2) is 23.2 Å². The van der Waals surface area contributed by atoms with Crippen molar-refractivity contribution in [1.82, 2.24) is 10.3 Å². The van der Waals surface area contributed by atoms with Crippen molar-refractivity contribution in [2.24, 2.45) is 0 Å². The maximum atomic E-state index is 11.6. The third-order valence-electron chi connectivity index (χ3n) is 2.81. The van der Waals surface area contributed by atoms with Gasteiger partial charge in [-0.2, -0.15) is 5.26 Å². The molecule has 0 radical (unpaired) electrons. The van der Waals surface area contributed by atoms with Gasteiger partial charge in [0.25, 0.3) is 0 Å². The zero-order chi connectivity index (χ0) is 14.4. The number of nitrogens with one attached hydrogen (secondary N) is 1. The zero-order valence-electron chi connectivity index (χ0n) is 11.2. The number of benzene rings is 1. The number of nitriles is 1. The molecule has 20 heavy (non-hydrogen) atoms. The summed E-state index contributed by atoms with van der Waals surface area (Å²) in [5.74, 6) is 0.244.